The van der Waals surface area contributed by atoms with Gasteiger partial charge in [0.2, 0.25) is 5.95 Å². The van der Waals surface area contributed by atoms with E-state index >= 15 is 0 Å². The number of carbonyl (C=O) groups excluding carboxylic acids is 1. The molecule has 1 aromatic carbocycles. The molecule has 1 amide bonds. The van der Waals surface area contributed by atoms with Crippen molar-refractivity contribution in [2.24, 2.45) is 5.92 Å². The molecule has 0 unspecified atom stereocenters. The lowest BCUT2D eigenvalue weighted by atomic mass is 10.1. The summed E-state index contributed by atoms with van der Waals surface area (Å²) < 4.78 is 1.63. The highest BCUT2D eigenvalue weighted by Gasteiger charge is 2.32. The summed E-state index contributed by atoms with van der Waals surface area (Å²) in [5.41, 5.74) is 3.73. The van der Waals surface area contributed by atoms with Crippen LogP contribution in [0.2, 0.25) is 0 Å². The van der Waals surface area contributed by atoms with Crippen molar-refractivity contribution >= 4 is 17.5 Å². The summed E-state index contributed by atoms with van der Waals surface area (Å²) in [5, 5.41) is 28.3. The maximum absolute atomic E-state index is 12.4. The molecule has 0 saturated heterocycles. The van der Waals surface area contributed by atoms with Crippen LogP contribution in [-0.2, 0) is 6.54 Å². The van der Waals surface area contributed by atoms with Crippen LogP contribution >= 0.6 is 0 Å². The number of nitrogens with zero attached hydrogens (tertiary/aromatic N) is 5. The lowest BCUT2D eigenvalue weighted by Crippen LogP contribution is -2.35. The SMILES string of the molecule is Cc1cnc(Nc2cnn(CCO)c2)nc1-c1ccc(C(=O)N[C@H](C#N)C2CC2)cc1. The number of hydrogen-bond acceptors (Lipinski definition) is 7. The van der Waals surface area contributed by atoms with Gasteiger partial charge in [-0.05, 0) is 43.4 Å². The van der Waals surface area contributed by atoms with Gasteiger partial charge in [0.1, 0.15) is 6.04 Å². The highest BCUT2D eigenvalue weighted by atomic mass is 16.3. The molecule has 31 heavy (non-hydrogen) atoms. The molecule has 1 aliphatic rings. The summed E-state index contributed by atoms with van der Waals surface area (Å²) in [7, 11) is 0. The van der Waals surface area contributed by atoms with Crippen molar-refractivity contribution in [2.75, 3.05) is 11.9 Å². The first-order valence-electron chi connectivity index (χ1n) is 10.1. The second-order valence-corrected chi connectivity index (χ2v) is 7.56. The van der Waals surface area contributed by atoms with Crippen molar-refractivity contribution in [3.8, 4) is 17.3 Å². The van der Waals surface area contributed by atoms with E-state index in [0.29, 0.717) is 18.1 Å². The fourth-order valence-electron chi connectivity index (χ4n) is 3.27. The Balaban J connectivity index is 1.48. The zero-order valence-corrected chi connectivity index (χ0v) is 17.1. The Morgan fingerprint density at radius 3 is 2.77 bits per heavy atom. The van der Waals surface area contributed by atoms with Crippen LogP contribution in [0, 0.1) is 24.2 Å². The van der Waals surface area contributed by atoms with Gasteiger partial charge in [0.25, 0.3) is 5.91 Å². The van der Waals surface area contributed by atoms with Gasteiger partial charge < -0.3 is 15.7 Å². The lowest BCUT2D eigenvalue weighted by molar-refractivity contribution is 0.0942. The fraction of sp³-hybridized carbons (Fsp3) is 0.318. The summed E-state index contributed by atoms with van der Waals surface area (Å²) in [5.74, 6) is 0.456. The summed E-state index contributed by atoms with van der Waals surface area (Å²) in [6, 6.07) is 8.89. The Morgan fingerprint density at radius 2 is 2.10 bits per heavy atom. The molecule has 3 aromatic rings. The third-order valence-electron chi connectivity index (χ3n) is 5.13. The third kappa shape index (κ3) is 4.87. The second kappa shape index (κ2) is 8.93. The standard InChI is InChI=1S/C22H23N7O2/c1-14-11-24-22(26-18-12-25-29(13-18)8-9-30)28-20(14)16-4-6-17(7-5-16)21(31)27-19(10-23)15-2-3-15/h4-7,11-13,15,19,30H,2-3,8-9H2,1H3,(H,27,31)(H,24,26,28)/t19-/m1/s1. The number of aromatic nitrogens is 4. The first-order valence-corrected chi connectivity index (χ1v) is 10.1. The van der Waals surface area contributed by atoms with Gasteiger partial charge in [-0.25, -0.2) is 9.97 Å². The van der Waals surface area contributed by atoms with Crippen LogP contribution in [0.15, 0.2) is 42.9 Å². The molecule has 1 aliphatic carbocycles. The summed E-state index contributed by atoms with van der Waals surface area (Å²) in [6.07, 6.45) is 7.12. The number of aliphatic hydroxyl groups is 1. The Bertz CT molecular complexity index is 1110. The van der Waals surface area contributed by atoms with Crippen molar-refractivity contribution in [1.82, 2.24) is 25.1 Å². The summed E-state index contributed by atoms with van der Waals surface area (Å²) in [6.45, 7) is 2.35. The minimum absolute atomic E-state index is 0.0120. The normalized spacial score (nSPS) is 14.0. The van der Waals surface area contributed by atoms with E-state index in [9.17, 15) is 10.1 Å². The molecule has 0 spiro atoms. The van der Waals surface area contributed by atoms with Gasteiger partial charge in [-0.2, -0.15) is 10.4 Å². The Hall–Kier alpha value is -3.77. The Kier molecular flexibility index (Phi) is 5.91. The predicted octanol–water partition coefficient (Wildman–Crippen LogP) is 2.42. The maximum atomic E-state index is 12.4. The molecular weight excluding hydrogens is 394 g/mol. The first kappa shape index (κ1) is 20.5. The van der Waals surface area contributed by atoms with Crippen LogP contribution < -0.4 is 10.6 Å². The molecule has 2 aromatic heterocycles. The van der Waals surface area contributed by atoms with Gasteiger partial charge in [0, 0.05) is 23.5 Å². The quantitative estimate of drug-likeness (QED) is 0.513. The number of benzene rings is 1. The number of anilines is 2. The molecule has 9 heteroatoms. The van der Waals surface area contributed by atoms with Crippen LogP contribution in [0.1, 0.15) is 28.8 Å². The lowest BCUT2D eigenvalue weighted by Gasteiger charge is -2.11. The number of carbonyl (C=O) groups is 1. The average Bonchev–Trinajstić information content (AvgIpc) is 3.54. The smallest absolute Gasteiger partial charge is 0.252 e. The summed E-state index contributed by atoms with van der Waals surface area (Å²) >= 11 is 0. The third-order valence-corrected chi connectivity index (χ3v) is 5.13. The van der Waals surface area contributed by atoms with E-state index in [1.165, 1.54) is 0 Å². The first-order chi connectivity index (χ1) is 15.1. The van der Waals surface area contributed by atoms with E-state index in [2.05, 4.69) is 31.8 Å². The zero-order chi connectivity index (χ0) is 21.8. The molecule has 4 rings (SSSR count). The van der Waals surface area contributed by atoms with E-state index in [1.54, 1.807) is 35.4 Å². The number of aryl methyl sites for hydroxylation is 1. The topological polar surface area (TPSA) is 129 Å². The van der Waals surface area contributed by atoms with E-state index in [-0.39, 0.29) is 18.4 Å². The molecule has 1 fully saturated rings. The molecule has 0 bridgehead atoms. The van der Waals surface area contributed by atoms with Crippen molar-refractivity contribution in [3.05, 3.63) is 54.0 Å². The average molecular weight is 417 g/mol. The predicted molar refractivity (Wildman–Crippen MR) is 114 cm³/mol. The summed E-state index contributed by atoms with van der Waals surface area (Å²) in [4.78, 5) is 21.4. The molecule has 0 aliphatic heterocycles. The number of rotatable bonds is 8. The minimum atomic E-state index is -0.424. The van der Waals surface area contributed by atoms with E-state index in [4.69, 9.17) is 5.11 Å². The number of amides is 1. The number of aliphatic hydroxyl groups excluding tert-OH is 1. The molecule has 158 valence electrons. The number of nitriles is 1. The van der Waals surface area contributed by atoms with Crippen molar-refractivity contribution < 1.29 is 9.90 Å². The van der Waals surface area contributed by atoms with Gasteiger partial charge in [0.05, 0.1) is 36.8 Å². The van der Waals surface area contributed by atoms with E-state index in [1.807, 2.05) is 19.1 Å². The van der Waals surface area contributed by atoms with Crippen LogP contribution in [0.25, 0.3) is 11.3 Å². The molecular formula is C22H23N7O2. The molecule has 2 heterocycles. The maximum Gasteiger partial charge on any atom is 0.252 e. The molecule has 1 atom stereocenters. The Morgan fingerprint density at radius 1 is 1.32 bits per heavy atom. The van der Waals surface area contributed by atoms with Crippen LogP contribution in [-0.4, -0.2) is 43.4 Å². The number of hydrogen-bond donors (Lipinski definition) is 3. The highest BCUT2D eigenvalue weighted by Crippen LogP contribution is 2.32. The van der Waals surface area contributed by atoms with Crippen molar-refractivity contribution in [1.29, 1.82) is 5.26 Å². The second-order valence-electron chi connectivity index (χ2n) is 7.56. The fourth-order valence-corrected chi connectivity index (χ4v) is 3.27. The van der Waals surface area contributed by atoms with Crippen LogP contribution in [0.4, 0.5) is 11.6 Å². The van der Waals surface area contributed by atoms with Gasteiger partial charge in [-0.15, -0.1) is 0 Å². The van der Waals surface area contributed by atoms with Crippen molar-refractivity contribution in [2.45, 2.75) is 32.4 Å². The van der Waals surface area contributed by atoms with Crippen molar-refractivity contribution in [3.63, 3.8) is 0 Å². The van der Waals surface area contributed by atoms with Crippen LogP contribution in [0.3, 0.4) is 0 Å². The van der Waals surface area contributed by atoms with Gasteiger partial charge in [-0.3, -0.25) is 9.48 Å². The van der Waals surface area contributed by atoms with Crippen LogP contribution in [0.5, 0.6) is 0 Å². The van der Waals surface area contributed by atoms with E-state index in [0.717, 1.165) is 35.3 Å². The zero-order valence-electron chi connectivity index (χ0n) is 17.1. The van der Waals surface area contributed by atoms with Gasteiger partial charge in [0.15, 0.2) is 0 Å². The largest absolute Gasteiger partial charge is 0.394 e. The van der Waals surface area contributed by atoms with E-state index < -0.39 is 6.04 Å². The molecule has 3 N–H and O–H groups in total. The Labute approximate surface area is 179 Å². The van der Waals surface area contributed by atoms with Gasteiger partial charge in [-0.1, -0.05) is 12.1 Å². The molecule has 1 saturated carbocycles. The minimum Gasteiger partial charge on any atom is -0.394 e. The molecule has 9 nitrogen and oxygen atoms in total. The monoisotopic (exact) mass is 417 g/mol. The highest BCUT2D eigenvalue weighted by molar-refractivity contribution is 5.95. The number of nitrogens with one attached hydrogen (secondary N) is 2. The molecule has 0 radical (unpaired) electrons. The van der Waals surface area contributed by atoms with Gasteiger partial charge >= 0.3 is 0 Å².